The van der Waals surface area contributed by atoms with Crippen LogP contribution in [-0.2, 0) is 5.41 Å². The first-order valence-corrected chi connectivity index (χ1v) is 10.3. The molecule has 0 unspecified atom stereocenters. The molecule has 2 aromatic rings. The molecule has 2 amide bonds. The zero-order chi connectivity index (χ0) is 20.6. The van der Waals surface area contributed by atoms with Crippen LogP contribution in [0, 0.1) is 0 Å². The van der Waals surface area contributed by atoms with Crippen LogP contribution in [0.5, 0.6) is 11.5 Å². The molecule has 6 heteroatoms. The third kappa shape index (κ3) is 7.08. The average Bonchev–Trinajstić information content (AvgIpc) is 2.63. The van der Waals surface area contributed by atoms with E-state index in [1.807, 2.05) is 37.3 Å². The molecule has 0 heterocycles. The van der Waals surface area contributed by atoms with Crippen LogP contribution >= 0.6 is 15.9 Å². The Kier molecular flexibility index (Phi) is 8.18. The Labute approximate surface area is 175 Å². The first-order chi connectivity index (χ1) is 13.3. The van der Waals surface area contributed by atoms with Crippen molar-refractivity contribution in [3.63, 3.8) is 0 Å². The molecule has 152 valence electrons. The molecule has 0 spiro atoms. The lowest BCUT2D eigenvalue weighted by atomic mass is 9.87. The van der Waals surface area contributed by atoms with E-state index < -0.39 is 0 Å². The van der Waals surface area contributed by atoms with Gasteiger partial charge in [-0.3, -0.25) is 0 Å². The van der Waals surface area contributed by atoms with Crippen LogP contribution in [0.3, 0.4) is 0 Å². The molecule has 0 bridgehead atoms. The highest BCUT2D eigenvalue weighted by atomic mass is 79.9. The second-order valence-electron chi connectivity index (χ2n) is 7.44. The van der Waals surface area contributed by atoms with E-state index in [9.17, 15) is 4.79 Å². The summed E-state index contributed by atoms with van der Waals surface area (Å²) in [6, 6.07) is 13.2. The lowest BCUT2D eigenvalue weighted by Gasteiger charge is -2.20. The Morgan fingerprint density at radius 2 is 1.79 bits per heavy atom. The van der Waals surface area contributed by atoms with Crippen molar-refractivity contribution >= 4 is 27.6 Å². The van der Waals surface area contributed by atoms with Gasteiger partial charge in [0, 0.05) is 12.2 Å². The molecule has 2 aromatic carbocycles. The standard InChI is InChI=1S/C22H29BrN2O3/c1-5-27-18-10-8-17(9-11-18)25-21(26)24-13-6-14-28-20-12-7-16(15-19(20)23)22(2,3)4/h7-12,15H,5-6,13-14H2,1-4H3,(H2,24,25,26). The van der Waals surface area contributed by atoms with E-state index in [4.69, 9.17) is 9.47 Å². The van der Waals surface area contributed by atoms with E-state index in [0.29, 0.717) is 26.2 Å². The Morgan fingerprint density at radius 3 is 2.39 bits per heavy atom. The minimum atomic E-state index is -0.236. The van der Waals surface area contributed by atoms with Crippen molar-refractivity contribution in [3.8, 4) is 11.5 Å². The number of hydrogen-bond acceptors (Lipinski definition) is 3. The number of rotatable bonds is 8. The highest BCUT2D eigenvalue weighted by molar-refractivity contribution is 9.10. The summed E-state index contributed by atoms with van der Waals surface area (Å²) in [7, 11) is 0. The molecule has 0 saturated carbocycles. The maximum atomic E-state index is 11.9. The van der Waals surface area contributed by atoms with Crippen molar-refractivity contribution in [1.29, 1.82) is 0 Å². The summed E-state index contributed by atoms with van der Waals surface area (Å²) in [5.74, 6) is 1.60. The average molecular weight is 449 g/mol. The van der Waals surface area contributed by atoms with E-state index in [-0.39, 0.29) is 11.4 Å². The second kappa shape index (κ2) is 10.4. The minimum absolute atomic E-state index is 0.0989. The lowest BCUT2D eigenvalue weighted by Crippen LogP contribution is -2.30. The fourth-order valence-electron chi connectivity index (χ4n) is 2.52. The fraction of sp³-hybridized carbons (Fsp3) is 0.409. The molecule has 5 nitrogen and oxygen atoms in total. The number of hydrogen-bond donors (Lipinski definition) is 2. The molecule has 0 aliphatic rings. The predicted molar refractivity (Wildman–Crippen MR) is 118 cm³/mol. The van der Waals surface area contributed by atoms with Gasteiger partial charge in [-0.25, -0.2) is 4.79 Å². The molecule has 0 saturated heterocycles. The summed E-state index contributed by atoms with van der Waals surface area (Å²) in [5.41, 5.74) is 2.07. The topological polar surface area (TPSA) is 59.6 Å². The number of urea groups is 1. The number of carbonyl (C=O) groups excluding carboxylic acids is 1. The van der Waals surface area contributed by atoms with E-state index in [1.54, 1.807) is 0 Å². The Morgan fingerprint density at radius 1 is 1.07 bits per heavy atom. The third-order valence-corrected chi connectivity index (χ3v) is 4.71. The first-order valence-electron chi connectivity index (χ1n) is 9.50. The van der Waals surface area contributed by atoms with Crippen molar-refractivity contribution in [2.45, 2.75) is 39.5 Å². The monoisotopic (exact) mass is 448 g/mol. The zero-order valence-corrected chi connectivity index (χ0v) is 18.6. The smallest absolute Gasteiger partial charge is 0.319 e. The van der Waals surface area contributed by atoms with Gasteiger partial charge in [0.15, 0.2) is 0 Å². The van der Waals surface area contributed by atoms with Gasteiger partial charge in [-0.15, -0.1) is 0 Å². The van der Waals surface area contributed by atoms with Gasteiger partial charge in [0.05, 0.1) is 17.7 Å². The Bertz CT molecular complexity index is 770. The third-order valence-electron chi connectivity index (χ3n) is 4.09. The molecule has 0 aromatic heterocycles. The van der Waals surface area contributed by atoms with Gasteiger partial charge in [0.25, 0.3) is 0 Å². The minimum Gasteiger partial charge on any atom is -0.494 e. The van der Waals surface area contributed by atoms with Crippen LogP contribution in [-0.4, -0.2) is 25.8 Å². The molecule has 2 rings (SSSR count). The maximum absolute atomic E-state index is 11.9. The quantitative estimate of drug-likeness (QED) is 0.506. The summed E-state index contributed by atoms with van der Waals surface area (Å²) in [5, 5.41) is 5.62. The van der Waals surface area contributed by atoms with Crippen molar-refractivity contribution in [2.75, 3.05) is 25.1 Å². The first kappa shape index (κ1) is 22.1. The number of anilines is 1. The SMILES string of the molecule is CCOc1ccc(NC(=O)NCCCOc2ccc(C(C)(C)C)cc2Br)cc1. The second-order valence-corrected chi connectivity index (χ2v) is 8.29. The molecule has 2 N–H and O–H groups in total. The number of benzene rings is 2. The van der Waals surface area contributed by atoms with E-state index >= 15 is 0 Å². The fourth-order valence-corrected chi connectivity index (χ4v) is 3.01. The predicted octanol–water partition coefficient (Wildman–Crippen LogP) is 5.74. The zero-order valence-electron chi connectivity index (χ0n) is 17.0. The van der Waals surface area contributed by atoms with Crippen LogP contribution < -0.4 is 20.1 Å². The molecular weight excluding hydrogens is 420 g/mol. The molecule has 28 heavy (non-hydrogen) atoms. The Hall–Kier alpha value is -2.21. The molecule has 0 aliphatic heterocycles. The van der Waals surface area contributed by atoms with Gasteiger partial charge in [0.2, 0.25) is 0 Å². The number of amides is 2. The number of halogens is 1. The molecule has 0 radical (unpaired) electrons. The highest BCUT2D eigenvalue weighted by Gasteiger charge is 2.15. The maximum Gasteiger partial charge on any atom is 0.319 e. The van der Waals surface area contributed by atoms with E-state index in [1.165, 1.54) is 5.56 Å². The summed E-state index contributed by atoms with van der Waals surface area (Å²) >= 11 is 3.57. The van der Waals surface area contributed by atoms with Gasteiger partial charge < -0.3 is 20.1 Å². The van der Waals surface area contributed by atoms with Gasteiger partial charge in [-0.05, 0) is 76.7 Å². The van der Waals surface area contributed by atoms with Gasteiger partial charge in [-0.1, -0.05) is 26.8 Å². The van der Waals surface area contributed by atoms with Crippen molar-refractivity contribution in [1.82, 2.24) is 5.32 Å². The van der Waals surface area contributed by atoms with Crippen molar-refractivity contribution in [2.24, 2.45) is 0 Å². The summed E-state index contributed by atoms with van der Waals surface area (Å²) < 4.78 is 12.1. The number of carbonyl (C=O) groups is 1. The lowest BCUT2D eigenvalue weighted by molar-refractivity contribution is 0.250. The van der Waals surface area contributed by atoms with Crippen molar-refractivity contribution in [3.05, 3.63) is 52.5 Å². The van der Waals surface area contributed by atoms with E-state index in [0.717, 1.165) is 21.7 Å². The van der Waals surface area contributed by atoms with Gasteiger partial charge in [-0.2, -0.15) is 0 Å². The molecular formula is C22H29BrN2O3. The van der Waals surface area contributed by atoms with Crippen LogP contribution in [0.2, 0.25) is 0 Å². The van der Waals surface area contributed by atoms with Crippen LogP contribution in [0.4, 0.5) is 10.5 Å². The summed E-state index contributed by atoms with van der Waals surface area (Å²) in [4.78, 5) is 11.9. The summed E-state index contributed by atoms with van der Waals surface area (Å²) in [6.07, 6.45) is 0.712. The van der Waals surface area contributed by atoms with Gasteiger partial charge >= 0.3 is 6.03 Å². The number of ether oxygens (including phenoxy) is 2. The normalized spacial score (nSPS) is 11.0. The van der Waals surface area contributed by atoms with E-state index in [2.05, 4.69) is 59.5 Å². The van der Waals surface area contributed by atoms with Crippen molar-refractivity contribution < 1.29 is 14.3 Å². The number of nitrogens with one attached hydrogen (secondary N) is 2. The molecule has 0 atom stereocenters. The van der Waals surface area contributed by atoms with Crippen LogP contribution in [0.25, 0.3) is 0 Å². The molecule has 0 fully saturated rings. The molecule has 0 aliphatic carbocycles. The van der Waals surface area contributed by atoms with Crippen LogP contribution in [0.15, 0.2) is 46.9 Å². The largest absolute Gasteiger partial charge is 0.494 e. The van der Waals surface area contributed by atoms with Crippen LogP contribution in [0.1, 0.15) is 39.7 Å². The van der Waals surface area contributed by atoms with Gasteiger partial charge in [0.1, 0.15) is 11.5 Å². The summed E-state index contributed by atoms with van der Waals surface area (Å²) in [6.45, 7) is 10.1. The Balaban J connectivity index is 1.69. The highest BCUT2D eigenvalue weighted by Crippen LogP contribution is 2.31.